The number of benzene rings is 2. The van der Waals surface area contributed by atoms with Gasteiger partial charge in [0.2, 0.25) is 0 Å². The monoisotopic (exact) mass is 331 g/mol. The number of carboxylic acid groups (broad SMARTS) is 1. The fourth-order valence-corrected chi connectivity index (χ4v) is 2.27. The van der Waals surface area contributed by atoms with Crippen molar-refractivity contribution in [2.75, 3.05) is 6.54 Å². The first-order valence-electron chi connectivity index (χ1n) is 7.38. The molecule has 0 fully saturated rings. The van der Waals surface area contributed by atoms with Gasteiger partial charge in [0.25, 0.3) is 5.91 Å². The van der Waals surface area contributed by atoms with E-state index in [1.54, 1.807) is 24.3 Å². The van der Waals surface area contributed by atoms with Gasteiger partial charge in [-0.15, -0.1) is 0 Å². The van der Waals surface area contributed by atoms with Crippen molar-refractivity contribution in [2.24, 2.45) is 0 Å². The number of hydrogen-bond acceptors (Lipinski definition) is 2. The average molecular weight is 332 g/mol. The Labute approximate surface area is 140 Å². The van der Waals surface area contributed by atoms with Crippen molar-refractivity contribution < 1.29 is 14.7 Å². The first-order chi connectivity index (χ1) is 11.0. The van der Waals surface area contributed by atoms with Crippen molar-refractivity contribution in [2.45, 2.75) is 19.3 Å². The lowest BCUT2D eigenvalue weighted by Crippen LogP contribution is -2.25. The van der Waals surface area contributed by atoms with Crippen LogP contribution in [0.3, 0.4) is 0 Å². The number of aryl methyl sites for hydroxylation is 1. The van der Waals surface area contributed by atoms with Crippen LogP contribution in [0.2, 0.25) is 5.02 Å². The maximum absolute atomic E-state index is 11.9. The van der Waals surface area contributed by atoms with Crippen molar-refractivity contribution in [1.82, 2.24) is 5.32 Å². The van der Waals surface area contributed by atoms with E-state index in [4.69, 9.17) is 16.7 Å². The van der Waals surface area contributed by atoms with E-state index >= 15 is 0 Å². The van der Waals surface area contributed by atoms with E-state index in [-0.39, 0.29) is 12.3 Å². The number of amides is 1. The molecule has 0 radical (unpaired) electrons. The minimum absolute atomic E-state index is 0.125. The molecule has 0 aromatic heterocycles. The number of halogens is 1. The van der Waals surface area contributed by atoms with Crippen LogP contribution in [-0.2, 0) is 17.6 Å². The van der Waals surface area contributed by atoms with E-state index in [0.29, 0.717) is 23.6 Å². The Hall–Kier alpha value is -2.33. The number of hydrogen-bond donors (Lipinski definition) is 2. The average Bonchev–Trinajstić information content (AvgIpc) is 2.54. The highest BCUT2D eigenvalue weighted by molar-refractivity contribution is 6.30. The van der Waals surface area contributed by atoms with Crippen molar-refractivity contribution >= 4 is 23.5 Å². The molecule has 0 aliphatic carbocycles. The third kappa shape index (κ3) is 5.75. The van der Waals surface area contributed by atoms with E-state index < -0.39 is 5.97 Å². The summed E-state index contributed by atoms with van der Waals surface area (Å²) in [5, 5.41) is 12.1. The molecule has 5 heteroatoms. The SMILES string of the molecule is O=C(O)CCc1ccc(CCNC(=O)c2ccc(Cl)cc2)cc1. The lowest BCUT2D eigenvalue weighted by Gasteiger charge is -2.06. The van der Waals surface area contributed by atoms with E-state index in [1.807, 2.05) is 24.3 Å². The van der Waals surface area contributed by atoms with Crippen LogP contribution in [0.25, 0.3) is 0 Å². The normalized spacial score (nSPS) is 10.3. The van der Waals surface area contributed by atoms with Gasteiger partial charge in [0.05, 0.1) is 0 Å². The zero-order valence-corrected chi connectivity index (χ0v) is 13.3. The quantitative estimate of drug-likeness (QED) is 0.817. The third-order valence-corrected chi connectivity index (χ3v) is 3.71. The van der Waals surface area contributed by atoms with Crippen LogP contribution in [0.15, 0.2) is 48.5 Å². The fourth-order valence-electron chi connectivity index (χ4n) is 2.15. The second kappa shape index (κ2) is 8.34. The number of carboxylic acids is 1. The Balaban J connectivity index is 1.78. The molecule has 0 aliphatic rings. The summed E-state index contributed by atoms with van der Waals surface area (Å²) in [6.45, 7) is 0.538. The minimum atomic E-state index is -0.793. The van der Waals surface area contributed by atoms with Crippen LogP contribution in [0, 0.1) is 0 Å². The summed E-state index contributed by atoms with van der Waals surface area (Å²) in [7, 11) is 0. The van der Waals surface area contributed by atoms with Crippen molar-refractivity contribution in [3.8, 4) is 0 Å². The molecular formula is C18H18ClNO3. The van der Waals surface area contributed by atoms with Crippen molar-refractivity contribution in [3.63, 3.8) is 0 Å². The van der Waals surface area contributed by atoms with E-state index in [9.17, 15) is 9.59 Å². The summed E-state index contributed by atoms with van der Waals surface area (Å²) >= 11 is 5.79. The number of rotatable bonds is 7. The molecule has 0 saturated carbocycles. The first-order valence-corrected chi connectivity index (χ1v) is 7.76. The van der Waals surface area contributed by atoms with E-state index in [0.717, 1.165) is 17.5 Å². The molecule has 2 aromatic rings. The molecule has 4 nitrogen and oxygen atoms in total. The molecule has 0 bridgehead atoms. The van der Waals surface area contributed by atoms with Crippen LogP contribution in [0.1, 0.15) is 27.9 Å². The highest BCUT2D eigenvalue weighted by Gasteiger charge is 2.04. The minimum Gasteiger partial charge on any atom is -0.481 e. The Morgan fingerprint density at radius 3 is 2.04 bits per heavy atom. The van der Waals surface area contributed by atoms with Gasteiger partial charge in [-0.2, -0.15) is 0 Å². The Kier molecular flexibility index (Phi) is 6.18. The first kappa shape index (κ1) is 17.0. The van der Waals surface area contributed by atoms with Gasteiger partial charge in [0.1, 0.15) is 0 Å². The van der Waals surface area contributed by atoms with E-state index in [2.05, 4.69) is 5.32 Å². The predicted molar refractivity (Wildman–Crippen MR) is 89.9 cm³/mol. The zero-order chi connectivity index (χ0) is 16.7. The van der Waals surface area contributed by atoms with Crippen LogP contribution in [0.5, 0.6) is 0 Å². The van der Waals surface area contributed by atoms with Gasteiger partial charge in [0.15, 0.2) is 0 Å². The molecule has 0 saturated heterocycles. The zero-order valence-electron chi connectivity index (χ0n) is 12.6. The van der Waals surface area contributed by atoms with Gasteiger partial charge in [-0.3, -0.25) is 9.59 Å². The van der Waals surface area contributed by atoms with Crippen LogP contribution >= 0.6 is 11.6 Å². The smallest absolute Gasteiger partial charge is 0.303 e. The number of carbonyl (C=O) groups excluding carboxylic acids is 1. The van der Waals surface area contributed by atoms with Gasteiger partial charge < -0.3 is 10.4 Å². The molecule has 2 rings (SSSR count). The third-order valence-electron chi connectivity index (χ3n) is 3.46. The summed E-state index contributed by atoms with van der Waals surface area (Å²) in [4.78, 5) is 22.5. The molecule has 0 heterocycles. The highest BCUT2D eigenvalue weighted by Crippen LogP contribution is 2.10. The molecule has 0 unspecified atom stereocenters. The van der Waals surface area contributed by atoms with Gasteiger partial charge in [-0.05, 0) is 48.2 Å². The molecule has 0 aliphatic heterocycles. The van der Waals surface area contributed by atoms with Crippen molar-refractivity contribution in [3.05, 3.63) is 70.2 Å². The molecule has 120 valence electrons. The van der Waals surface area contributed by atoms with Gasteiger partial charge in [-0.25, -0.2) is 0 Å². The summed E-state index contributed by atoms with van der Waals surface area (Å²) in [5.41, 5.74) is 2.68. The van der Waals surface area contributed by atoms with Gasteiger partial charge in [0, 0.05) is 23.6 Å². The van der Waals surface area contributed by atoms with Gasteiger partial charge >= 0.3 is 5.97 Å². The summed E-state index contributed by atoms with van der Waals surface area (Å²) in [6.07, 6.45) is 1.39. The highest BCUT2D eigenvalue weighted by atomic mass is 35.5. The summed E-state index contributed by atoms with van der Waals surface area (Å²) < 4.78 is 0. The molecule has 0 spiro atoms. The maximum Gasteiger partial charge on any atom is 0.303 e. The molecule has 0 atom stereocenters. The fraction of sp³-hybridized carbons (Fsp3) is 0.222. The number of nitrogens with one attached hydrogen (secondary N) is 1. The van der Waals surface area contributed by atoms with Crippen molar-refractivity contribution in [1.29, 1.82) is 0 Å². The summed E-state index contributed by atoms with van der Waals surface area (Å²) in [5.74, 6) is -0.918. The second-order valence-electron chi connectivity index (χ2n) is 5.22. The molecule has 2 N–H and O–H groups in total. The van der Waals surface area contributed by atoms with Crippen LogP contribution in [0.4, 0.5) is 0 Å². The van der Waals surface area contributed by atoms with Gasteiger partial charge in [-0.1, -0.05) is 35.9 Å². The van der Waals surface area contributed by atoms with Crippen LogP contribution < -0.4 is 5.32 Å². The Morgan fingerprint density at radius 1 is 0.913 bits per heavy atom. The standard InChI is InChI=1S/C18H18ClNO3/c19-16-8-6-15(7-9-16)18(23)20-12-11-14-3-1-13(2-4-14)5-10-17(21)22/h1-4,6-9H,5,10-12H2,(H,20,23)(H,21,22). The molecular weight excluding hydrogens is 314 g/mol. The number of carbonyl (C=O) groups is 2. The predicted octanol–water partition coefficient (Wildman–Crippen LogP) is 3.33. The Bertz CT molecular complexity index is 666. The number of aliphatic carboxylic acids is 1. The largest absolute Gasteiger partial charge is 0.481 e. The topological polar surface area (TPSA) is 66.4 Å². The Morgan fingerprint density at radius 2 is 1.48 bits per heavy atom. The molecule has 23 heavy (non-hydrogen) atoms. The maximum atomic E-state index is 11.9. The molecule has 2 aromatic carbocycles. The second-order valence-corrected chi connectivity index (χ2v) is 5.66. The molecule has 1 amide bonds. The summed E-state index contributed by atoms with van der Waals surface area (Å²) in [6, 6.07) is 14.5. The van der Waals surface area contributed by atoms with Crippen LogP contribution in [-0.4, -0.2) is 23.5 Å². The lowest BCUT2D eigenvalue weighted by molar-refractivity contribution is -0.136. The van der Waals surface area contributed by atoms with E-state index in [1.165, 1.54) is 0 Å². The lowest BCUT2D eigenvalue weighted by atomic mass is 10.1.